The van der Waals surface area contributed by atoms with Gasteiger partial charge in [-0.1, -0.05) is 19.1 Å². The topological polar surface area (TPSA) is 29.1 Å². The van der Waals surface area contributed by atoms with Crippen LogP contribution in [0.1, 0.15) is 40.8 Å². The Hall–Kier alpha value is -0.610. The van der Waals surface area contributed by atoms with Gasteiger partial charge in [-0.3, -0.25) is 4.79 Å². The molecular weight excluding hydrogens is 262 g/mol. The second-order valence-electron chi connectivity index (χ2n) is 4.48. The Balaban J connectivity index is 2.00. The van der Waals surface area contributed by atoms with Crippen molar-refractivity contribution in [3.8, 4) is 0 Å². The molecule has 1 heterocycles. The van der Waals surface area contributed by atoms with Crippen molar-refractivity contribution in [2.75, 3.05) is 11.5 Å². The fourth-order valence-corrected chi connectivity index (χ4v) is 4.61. The van der Waals surface area contributed by atoms with Crippen molar-refractivity contribution >= 4 is 29.4 Å². The summed E-state index contributed by atoms with van der Waals surface area (Å²) < 4.78 is 0.552. The van der Waals surface area contributed by atoms with Crippen molar-refractivity contribution in [3.05, 3.63) is 35.4 Å². The fourth-order valence-electron chi connectivity index (χ4n) is 1.75. The van der Waals surface area contributed by atoms with Crippen molar-refractivity contribution < 1.29 is 4.79 Å². The molecule has 2 rings (SSSR count). The molecule has 0 bridgehead atoms. The third kappa shape index (κ3) is 3.45. The van der Waals surface area contributed by atoms with E-state index in [0.29, 0.717) is 4.58 Å². The maximum atomic E-state index is 11.9. The summed E-state index contributed by atoms with van der Waals surface area (Å²) in [5, 5.41) is 2.99. The van der Waals surface area contributed by atoms with Crippen LogP contribution in [0.2, 0.25) is 0 Å². The van der Waals surface area contributed by atoms with Crippen molar-refractivity contribution in [2.24, 2.45) is 0 Å². The molecule has 98 valence electrons. The number of benzene rings is 1. The number of carbonyl (C=O) groups is 1. The van der Waals surface area contributed by atoms with Gasteiger partial charge < -0.3 is 5.32 Å². The van der Waals surface area contributed by atoms with Crippen LogP contribution in [-0.4, -0.2) is 23.5 Å². The van der Waals surface area contributed by atoms with Crippen LogP contribution < -0.4 is 5.32 Å². The molecule has 1 amide bonds. The summed E-state index contributed by atoms with van der Waals surface area (Å²) >= 11 is 3.97. The standard InChI is InChI=1S/C14H19NOS2/c1-3-10(2)15-13(16)11-4-6-12(7-5-11)14-17-8-9-18-14/h4-7,10,14H,3,8-9H2,1-2H3,(H,15,16). The highest BCUT2D eigenvalue weighted by Crippen LogP contribution is 2.45. The lowest BCUT2D eigenvalue weighted by molar-refractivity contribution is 0.0939. The lowest BCUT2D eigenvalue weighted by Gasteiger charge is -2.12. The monoisotopic (exact) mass is 281 g/mol. The van der Waals surface area contributed by atoms with E-state index in [-0.39, 0.29) is 11.9 Å². The number of amides is 1. The van der Waals surface area contributed by atoms with Crippen LogP contribution in [0, 0.1) is 0 Å². The second kappa shape index (κ2) is 6.53. The minimum atomic E-state index is 0.0302. The van der Waals surface area contributed by atoms with Gasteiger partial charge in [-0.15, -0.1) is 23.5 Å². The zero-order chi connectivity index (χ0) is 13.0. The van der Waals surface area contributed by atoms with Gasteiger partial charge in [0.15, 0.2) is 0 Å². The van der Waals surface area contributed by atoms with Crippen LogP contribution in [0.15, 0.2) is 24.3 Å². The molecule has 0 spiro atoms. The molecule has 1 N–H and O–H groups in total. The second-order valence-corrected chi connectivity index (χ2v) is 7.20. The van der Waals surface area contributed by atoms with E-state index in [1.54, 1.807) is 0 Å². The number of nitrogens with one attached hydrogen (secondary N) is 1. The molecule has 1 unspecified atom stereocenters. The zero-order valence-corrected chi connectivity index (χ0v) is 12.4. The first-order chi connectivity index (χ1) is 8.70. The minimum Gasteiger partial charge on any atom is -0.350 e. The molecule has 18 heavy (non-hydrogen) atoms. The molecule has 2 nitrogen and oxygen atoms in total. The SMILES string of the molecule is CCC(C)NC(=O)c1ccc(C2SCCS2)cc1. The average molecular weight is 281 g/mol. The summed E-state index contributed by atoms with van der Waals surface area (Å²) in [7, 11) is 0. The highest BCUT2D eigenvalue weighted by Gasteiger charge is 2.18. The van der Waals surface area contributed by atoms with Crippen molar-refractivity contribution in [1.29, 1.82) is 0 Å². The van der Waals surface area contributed by atoms with Crippen LogP contribution in [-0.2, 0) is 0 Å². The van der Waals surface area contributed by atoms with E-state index in [9.17, 15) is 4.79 Å². The maximum absolute atomic E-state index is 11.9. The first-order valence-corrected chi connectivity index (χ1v) is 8.44. The quantitative estimate of drug-likeness (QED) is 0.912. The molecule has 1 aliphatic rings. The molecule has 1 fully saturated rings. The Morgan fingerprint density at radius 3 is 2.50 bits per heavy atom. The highest BCUT2D eigenvalue weighted by atomic mass is 32.2. The van der Waals surface area contributed by atoms with Gasteiger partial charge >= 0.3 is 0 Å². The summed E-state index contributed by atoms with van der Waals surface area (Å²) in [6.45, 7) is 4.10. The Labute approximate surface area is 117 Å². The van der Waals surface area contributed by atoms with Gasteiger partial charge in [0.1, 0.15) is 0 Å². The fraction of sp³-hybridized carbons (Fsp3) is 0.500. The molecular formula is C14H19NOS2. The van der Waals surface area contributed by atoms with Crippen molar-refractivity contribution in [3.63, 3.8) is 0 Å². The van der Waals surface area contributed by atoms with Crippen LogP contribution in [0.25, 0.3) is 0 Å². The molecule has 1 saturated heterocycles. The Kier molecular flexibility index (Phi) is 5.01. The number of thioether (sulfide) groups is 2. The van der Waals surface area contributed by atoms with Gasteiger partial charge in [-0.2, -0.15) is 0 Å². The van der Waals surface area contributed by atoms with Gasteiger partial charge in [0.25, 0.3) is 5.91 Å². The highest BCUT2D eigenvalue weighted by molar-refractivity contribution is 8.19. The molecule has 4 heteroatoms. The van der Waals surface area contributed by atoms with E-state index >= 15 is 0 Å². The first kappa shape index (κ1) is 13.8. The summed E-state index contributed by atoms with van der Waals surface area (Å²) in [4.78, 5) is 11.9. The predicted octanol–water partition coefficient (Wildman–Crippen LogP) is 3.69. The third-order valence-corrected chi connectivity index (χ3v) is 6.16. The third-order valence-electron chi connectivity index (χ3n) is 3.06. The summed E-state index contributed by atoms with van der Waals surface area (Å²) in [6, 6.07) is 8.28. The summed E-state index contributed by atoms with van der Waals surface area (Å²) in [6.07, 6.45) is 0.958. The number of hydrogen-bond acceptors (Lipinski definition) is 3. The van der Waals surface area contributed by atoms with E-state index in [1.165, 1.54) is 17.1 Å². The zero-order valence-electron chi connectivity index (χ0n) is 10.8. The maximum Gasteiger partial charge on any atom is 0.251 e. The van der Waals surface area contributed by atoms with Crippen molar-refractivity contribution in [1.82, 2.24) is 5.32 Å². The van der Waals surface area contributed by atoms with Gasteiger partial charge in [0.2, 0.25) is 0 Å². The molecule has 0 aliphatic carbocycles. The van der Waals surface area contributed by atoms with Gasteiger partial charge in [-0.25, -0.2) is 0 Å². The summed E-state index contributed by atoms with van der Waals surface area (Å²) in [5.74, 6) is 2.49. The van der Waals surface area contributed by atoms with Crippen LogP contribution in [0.3, 0.4) is 0 Å². The van der Waals surface area contributed by atoms with Crippen molar-refractivity contribution in [2.45, 2.75) is 30.9 Å². The van der Waals surface area contributed by atoms with Crippen LogP contribution in [0.5, 0.6) is 0 Å². The molecule has 1 aromatic carbocycles. The lowest BCUT2D eigenvalue weighted by atomic mass is 10.1. The summed E-state index contributed by atoms with van der Waals surface area (Å²) in [5.41, 5.74) is 2.08. The Morgan fingerprint density at radius 2 is 1.94 bits per heavy atom. The van der Waals surface area contributed by atoms with E-state index < -0.39 is 0 Å². The van der Waals surface area contributed by atoms with Gasteiger partial charge in [-0.05, 0) is 31.0 Å². The van der Waals surface area contributed by atoms with E-state index in [2.05, 4.69) is 24.4 Å². The predicted molar refractivity (Wildman–Crippen MR) is 81.3 cm³/mol. The van der Waals surface area contributed by atoms with Gasteiger partial charge in [0, 0.05) is 23.1 Å². The van der Waals surface area contributed by atoms with Crippen LogP contribution >= 0.6 is 23.5 Å². The van der Waals surface area contributed by atoms with E-state index in [4.69, 9.17) is 0 Å². The number of rotatable bonds is 4. The Morgan fingerprint density at radius 1 is 1.33 bits per heavy atom. The largest absolute Gasteiger partial charge is 0.350 e. The van der Waals surface area contributed by atoms with E-state index in [1.807, 2.05) is 42.6 Å². The van der Waals surface area contributed by atoms with Crippen LogP contribution in [0.4, 0.5) is 0 Å². The minimum absolute atomic E-state index is 0.0302. The molecule has 0 radical (unpaired) electrons. The lowest BCUT2D eigenvalue weighted by Crippen LogP contribution is -2.31. The molecule has 0 aromatic heterocycles. The average Bonchev–Trinajstić information content (AvgIpc) is 2.92. The Bertz CT molecular complexity index is 399. The molecule has 1 aromatic rings. The first-order valence-electron chi connectivity index (χ1n) is 6.34. The normalized spacial score (nSPS) is 17.7. The van der Waals surface area contributed by atoms with Gasteiger partial charge in [0.05, 0.1) is 4.58 Å². The molecule has 1 atom stereocenters. The molecule has 1 aliphatic heterocycles. The van der Waals surface area contributed by atoms with E-state index in [0.717, 1.165) is 12.0 Å². The number of hydrogen-bond donors (Lipinski definition) is 1. The molecule has 0 saturated carbocycles. The smallest absolute Gasteiger partial charge is 0.251 e. The number of carbonyl (C=O) groups excluding carboxylic acids is 1.